The number of hydrogen-bond acceptors (Lipinski definition) is 6. The fourth-order valence-electron chi connectivity index (χ4n) is 6.03. The van der Waals surface area contributed by atoms with Crippen LogP contribution in [0.1, 0.15) is 96.1 Å². The van der Waals surface area contributed by atoms with Crippen molar-refractivity contribution in [1.29, 1.82) is 0 Å². The maximum atomic E-state index is 14.3. The van der Waals surface area contributed by atoms with Crippen LogP contribution in [0.15, 0.2) is 60.7 Å². The molecule has 1 aliphatic heterocycles. The van der Waals surface area contributed by atoms with Gasteiger partial charge in [0.1, 0.15) is 13.2 Å². The molecule has 2 aromatic rings. The molecule has 2 aromatic carbocycles. The van der Waals surface area contributed by atoms with Crippen molar-refractivity contribution < 1.29 is 28.7 Å². The third-order valence-corrected chi connectivity index (χ3v) is 9.07. The largest absolute Gasteiger partial charge is 0.369 e. The van der Waals surface area contributed by atoms with Crippen LogP contribution < -0.4 is 0 Å². The van der Waals surface area contributed by atoms with Crippen molar-refractivity contribution in [2.45, 2.75) is 90.5 Å². The van der Waals surface area contributed by atoms with Gasteiger partial charge in [0.2, 0.25) is 11.8 Å². The Morgan fingerprint density at radius 2 is 0.980 bits per heavy atom. The van der Waals surface area contributed by atoms with Crippen LogP contribution in [-0.4, -0.2) is 97.5 Å². The molecule has 0 saturated carbocycles. The molecule has 0 spiro atoms. The Morgan fingerprint density at radius 3 is 1.35 bits per heavy atom. The van der Waals surface area contributed by atoms with Gasteiger partial charge in [0.15, 0.2) is 0 Å². The summed E-state index contributed by atoms with van der Waals surface area (Å²) in [5.74, 6) is -1.31. The van der Waals surface area contributed by atoms with Crippen molar-refractivity contribution in [3.63, 3.8) is 0 Å². The fourth-order valence-corrected chi connectivity index (χ4v) is 6.03. The number of amides is 4. The highest BCUT2D eigenvalue weighted by atomic mass is 16.5. The number of ether oxygens (including phenoxy) is 2. The SMILES string of the molecule is CCCCCCCN(C)C(=O)COCC(C)(COCC(=O)N(C)CCCCCCC)N1C(=O)C(c2ccccc2)=C(c2ccccc2)C1=O. The van der Waals surface area contributed by atoms with Gasteiger partial charge in [-0.3, -0.25) is 24.1 Å². The predicted octanol–water partition coefficient (Wildman–Crippen LogP) is 6.62. The van der Waals surface area contributed by atoms with Gasteiger partial charge >= 0.3 is 0 Å². The molecule has 0 unspecified atom stereocenters. The lowest BCUT2D eigenvalue weighted by Crippen LogP contribution is -2.57. The molecule has 0 saturated heterocycles. The van der Waals surface area contributed by atoms with Gasteiger partial charge in [0.25, 0.3) is 11.8 Å². The zero-order valence-corrected chi connectivity index (χ0v) is 30.4. The third kappa shape index (κ3) is 11.6. The zero-order chi connectivity index (χ0) is 35.6. The Balaban J connectivity index is 1.78. The Morgan fingerprint density at radius 1 is 0.612 bits per heavy atom. The number of imide groups is 1. The minimum absolute atomic E-state index is 0.147. The quantitative estimate of drug-likeness (QED) is 0.0971. The van der Waals surface area contributed by atoms with E-state index in [1.165, 1.54) is 17.7 Å². The average molecular weight is 676 g/mol. The summed E-state index contributed by atoms with van der Waals surface area (Å²) in [6.07, 6.45) is 10.9. The van der Waals surface area contributed by atoms with Crippen LogP contribution in [0.4, 0.5) is 0 Å². The van der Waals surface area contributed by atoms with Gasteiger partial charge in [0.05, 0.1) is 29.9 Å². The second kappa shape index (κ2) is 20.6. The molecule has 268 valence electrons. The van der Waals surface area contributed by atoms with Gasteiger partial charge in [-0.05, 0) is 30.9 Å². The normalized spacial score (nSPS) is 13.4. The van der Waals surface area contributed by atoms with E-state index in [1.807, 2.05) is 60.7 Å². The van der Waals surface area contributed by atoms with E-state index in [0.717, 1.165) is 51.4 Å². The standard InChI is InChI=1S/C40H57N3O6/c1-6-8-10-12-20-26-41(4)34(44)28-48-30-40(3,31-49-29-35(45)42(5)27-21-13-11-9-7-2)43-38(46)36(32-22-16-14-17-23-32)37(39(43)47)33-24-18-15-19-25-33/h14-19,22-25H,6-13,20-21,26-31H2,1-5H3. The van der Waals surface area contributed by atoms with Gasteiger partial charge in [-0.25, -0.2) is 0 Å². The molecule has 9 heteroatoms. The van der Waals surface area contributed by atoms with Crippen molar-refractivity contribution in [3.8, 4) is 0 Å². The summed E-state index contributed by atoms with van der Waals surface area (Å²) in [5.41, 5.74) is 0.514. The number of unbranched alkanes of at least 4 members (excludes halogenated alkanes) is 8. The molecule has 9 nitrogen and oxygen atoms in total. The molecule has 0 aromatic heterocycles. The smallest absolute Gasteiger partial charge is 0.262 e. The topological polar surface area (TPSA) is 96.5 Å². The lowest BCUT2D eigenvalue weighted by Gasteiger charge is -2.37. The number of carbonyl (C=O) groups is 4. The molecule has 3 rings (SSSR count). The summed E-state index contributed by atoms with van der Waals surface area (Å²) >= 11 is 0. The molecule has 1 heterocycles. The summed E-state index contributed by atoms with van der Waals surface area (Å²) in [6, 6.07) is 18.3. The Hall–Kier alpha value is -3.82. The zero-order valence-electron chi connectivity index (χ0n) is 30.4. The van der Waals surface area contributed by atoms with Gasteiger partial charge in [-0.2, -0.15) is 0 Å². The Labute approximate surface area is 293 Å². The molecule has 4 amide bonds. The Bertz CT molecular complexity index is 1280. The van der Waals surface area contributed by atoms with E-state index in [-0.39, 0.29) is 38.2 Å². The van der Waals surface area contributed by atoms with E-state index >= 15 is 0 Å². The summed E-state index contributed by atoms with van der Waals surface area (Å²) < 4.78 is 12.0. The number of hydrogen-bond donors (Lipinski definition) is 0. The molecular formula is C40H57N3O6. The first-order valence-electron chi connectivity index (χ1n) is 18.0. The van der Waals surface area contributed by atoms with Gasteiger partial charge in [-0.1, -0.05) is 126 Å². The number of benzene rings is 2. The second-order valence-electron chi connectivity index (χ2n) is 13.4. The van der Waals surface area contributed by atoms with Crippen LogP contribution >= 0.6 is 0 Å². The van der Waals surface area contributed by atoms with Crippen molar-refractivity contribution >= 4 is 34.8 Å². The molecule has 0 fully saturated rings. The number of likely N-dealkylation sites (N-methyl/N-ethyl adjacent to an activating group) is 2. The van der Waals surface area contributed by atoms with Crippen LogP contribution in [0.3, 0.4) is 0 Å². The summed E-state index contributed by atoms with van der Waals surface area (Å²) in [5, 5.41) is 0. The van der Waals surface area contributed by atoms with Gasteiger partial charge < -0.3 is 19.3 Å². The summed E-state index contributed by atoms with van der Waals surface area (Å²) in [7, 11) is 3.52. The molecule has 0 atom stereocenters. The highest BCUT2D eigenvalue weighted by Crippen LogP contribution is 2.39. The van der Waals surface area contributed by atoms with Gasteiger partial charge in [0, 0.05) is 27.2 Å². The molecule has 0 radical (unpaired) electrons. The first kappa shape index (κ1) is 39.6. The highest BCUT2D eigenvalue weighted by Gasteiger charge is 2.49. The number of carbonyl (C=O) groups excluding carboxylic acids is 4. The average Bonchev–Trinajstić information content (AvgIpc) is 3.38. The van der Waals surface area contributed by atoms with E-state index in [4.69, 9.17) is 9.47 Å². The van der Waals surface area contributed by atoms with E-state index in [0.29, 0.717) is 35.4 Å². The third-order valence-electron chi connectivity index (χ3n) is 9.07. The van der Waals surface area contributed by atoms with Crippen molar-refractivity contribution in [2.75, 3.05) is 53.6 Å². The number of rotatable bonds is 23. The monoisotopic (exact) mass is 675 g/mol. The van der Waals surface area contributed by atoms with Crippen LogP contribution in [0.25, 0.3) is 11.1 Å². The lowest BCUT2D eigenvalue weighted by molar-refractivity contribution is -0.152. The van der Waals surface area contributed by atoms with Crippen LogP contribution in [-0.2, 0) is 28.7 Å². The highest BCUT2D eigenvalue weighted by molar-refractivity contribution is 6.49. The molecule has 49 heavy (non-hydrogen) atoms. The molecule has 1 aliphatic rings. The van der Waals surface area contributed by atoms with Crippen LogP contribution in [0, 0.1) is 0 Å². The van der Waals surface area contributed by atoms with Crippen LogP contribution in [0.5, 0.6) is 0 Å². The van der Waals surface area contributed by atoms with Crippen LogP contribution in [0.2, 0.25) is 0 Å². The molecular weight excluding hydrogens is 618 g/mol. The lowest BCUT2D eigenvalue weighted by atomic mass is 9.96. The first-order valence-corrected chi connectivity index (χ1v) is 18.0. The van der Waals surface area contributed by atoms with E-state index in [2.05, 4.69) is 13.8 Å². The molecule has 0 bridgehead atoms. The van der Waals surface area contributed by atoms with Gasteiger partial charge in [-0.15, -0.1) is 0 Å². The van der Waals surface area contributed by atoms with Crippen molar-refractivity contribution in [2.24, 2.45) is 0 Å². The molecule has 0 N–H and O–H groups in total. The maximum absolute atomic E-state index is 14.3. The maximum Gasteiger partial charge on any atom is 0.262 e. The van der Waals surface area contributed by atoms with Crippen molar-refractivity contribution in [1.82, 2.24) is 14.7 Å². The summed E-state index contributed by atoms with van der Waals surface area (Å²) in [6.45, 7) is 6.61. The predicted molar refractivity (Wildman–Crippen MR) is 194 cm³/mol. The van der Waals surface area contributed by atoms with E-state index < -0.39 is 17.4 Å². The minimum atomic E-state index is -1.32. The first-order chi connectivity index (χ1) is 23.6. The minimum Gasteiger partial charge on any atom is -0.369 e. The second-order valence-corrected chi connectivity index (χ2v) is 13.4. The molecule has 0 aliphatic carbocycles. The number of nitrogens with zero attached hydrogens (tertiary/aromatic N) is 3. The summed E-state index contributed by atoms with van der Waals surface area (Å²) in [4.78, 5) is 59.1. The van der Waals surface area contributed by atoms with E-state index in [1.54, 1.807) is 30.8 Å². The van der Waals surface area contributed by atoms with E-state index in [9.17, 15) is 19.2 Å². The fraction of sp³-hybridized carbons (Fsp3) is 0.550. The van der Waals surface area contributed by atoms with Crippen molar-refractivity contribution in [3.05, 3.63) is 71.8 Å². The Kier molecular flexibility index (Phi) is 16.7.